The molecular formula is C16H23Cl2N2O+. The van der Waals surface area contributed by atoms with E-state index in [1.165, 1.54) is 18.5 Å². The van der Waals surface area contributed by atoms with Gasteiger partial charge in [0.1, 0.15) is 12.6 Å². The van der Waals surface area contributed by atoms with Crippen LogP contribution in [0, 0.1) is 5.92 Å². The van der Waals surface area contributed by atoms with E-state index in [-0.39, 0.29) is 0 Å². The number of hydrogen-bond donors (Lipinski definition) is 1. The lowest BCUT2D eigenvalue weighted by Crippen LogP contribution is -2.53. The van der Waals surface area contributed by atoms with Gasteiger partial charge in [0.05, 0.1) is 31.3 Å². The molecule has 116 valence electrons. The first-order chi connectivity index (χ1) is 10.1. The molecule has 0 bridgehead atoms. The normalized spacial score (nSPS) is 32.7. The van der Waals surface area contributed by atoms with Gasteiger partial charge < -0.3 is 15.0 Å². The highest BCUT2D eigenvalue weighted by atomic mass is 35.5. The van der Waals surface area contributed by atoms with E-state index in [0.717, 1.165) is 48.8 Å². The van der Waals surface area contributed by atoms with Crippen molar-refractivity contribution in [1.29, 1.82) is 0 Å². The van der Waals surface area contributed by atoms with Gasteiger partial charge >= 0.3 is 0 Å². The molecule has 0 radical (unpaired) electrons. The Kier molecular flexibility index (Phi) is 4.77. The molecule has 2 N–H and O–H groups in total. The molecule has 2 aliphatic heterocycles. The first-order valence-corrected chi connectivity index (χ1v) is 8.46. The Balaban J connectivity index is 1.85. The Morgan fingerprint density at radius 1 is 1.29 bits per heavy atom. The number of ether oxygens (including phenoxy) is 1. The molecule has 0 aromatic heterocycles. The molecule has 21 heavy (non-hydrogen) atoms. The van der Waals surface area contributed by atoms with E-state index in [1.807, 2.05) is 12.1 Å². The summed E-state index contributed by atoms with van der Waals surface area (Å²) in [7, 11) is 0. The average Bonchev–Trinajstić information content (AvgIpc) is 3.12. The summed E-state index contributed by atoms with van der Waals surface area (Å²) in [6.07, 6.45) is 2.35. The van der Waals surface area contributed by atoms with Gasteiger partial charge in [-0.15, -0.1) is 0 Å². The first kappa shape index (κ1) is 15.6. The molecule has 2 fully saturated rings. The molecule has 2 saturated heterocycles. The summed E-state index contributed by atoms with van der Waals surface area (Å²) in [5.74, 6) is 0.622. The van der Waals surface area contributed by atoms with Crippen LogP contribution >= 0.6 is 23.2 Å². The van der Waals surface area contributed by atoms with Crippen LogP contribution in [0.1, 0.15) is 18.4 Å². The lowest BCUT2D eigenvalue weighted by Gasteiger charge is -2.40. The highest BCUT2D eigenvalue weighted by Gasteiger charge is 2.45. The topological polar surface area (TPSA) is 35.2 Å². The highest BCUT2D eigenvalue weighted by molar-refractivity contribution is 6.35. The average molecular weight is 330 g/mol. The van der Waals surface area contributed by atoms with E-state index in [9.17, 15) is 0 Å². The fourth-order valence-corrected chi connectivity index (χ4v) is 4.34. The van der Waals surface area contributed by atoms with Crippen molar-refractivity contribution in [3.05, 3.63) is 33.8 Å². The minimum Gasteiger partial charge on any atom is -0.375 e. The number of benzene rings is 1. The number of nitrogens with zero attached hydrogens (tertiary/aromatic N) is 1. The minimum atomic E-state index is 0.577. The van der Waals surface area contributed by atoms with E-state index < -0.39 is 0 Å². The van der Waals surface area contributed by atoms with Crippen LogP contribution < -0.4 is 5.73 Å². The summed E-state index contributed by atoms with van der Waals surface area (Å²) in [6, 6.07) is 6.42. The molecule has 0 saturated carbocycles. The SMILES string of the molecule is NC[C@H]1CC[N+](Cc2ccc(Cl)cc2Cl)([C@@H]2CCOC2)C1. The lowest BCUT2D eigenvalue weighted by molar-refractivity contribution is -0.952. The van der Waals surface area contributed by atoms with Gasteiger partial charge in [0.2, 0.25) is 0 Å². The molecule has 2 heterocycles. The maximum absolute atomic E-state index is 6.40. The van der Waals surface area contributed by atoms with Crippen LogP contribution in [0.4, 0.5) is 0 Å². The van der Waals surface area contributed by atoms with E-state index in [1.54, 1.807) is 0 Å². The number of likely N-dealkylation sites (tertiary alicyclic amines) is 1. The molecule has 0 spiro atoms. The number of rotatable bonds is 4. The van der Waals surface area contributed by atoms with Crippen LogP contribution in [0.3, 0.4) is 0 Å². The minimum absolute atomic E-state index is 0.577. The van der Waals surface area contributed by atoms with Crippen LogP contribution in [-0.2, 0) is 11.3 Å². The first-order valence-electron chi connectivity index (χ1n) is 7.70. The van der Waals surface area contributed by atoms with Crippen molar-refractivity contribution in [2.24, 2.45) is 11.7 Å². The summed E-state index contributed by atoms with van der Waals surface area (Å²) < 4.78 is 6.72. The molecule has 3 rings (SSSR count). The molecule has 0 aliphatic carbocycles. The summed E-state index contributed by atoms with van der Waals surface area (Å²) in [4.78, 5) is 0. The van der Waals surface area contributed by atoms with Gasteiger partial charge in [-0.2, -0.15) is 0 Å². The van der Waals surface area contributed by atoms with Crippen molar-refractivity contribution in [3.63, 3.8) is 0 Å². The zero-order chi connectivity index (χ0) is 14.9. The van der Waals surface area contributed by atoms with Gasteiger partial charge in [-0.05, 0) is 12.1 Å². The summed E-state index contributed by atoms with van der Waals surface area (Å²) in [5.41, 5.74) is 7.10. The second kappa shape index (κ2) is 6.43. The molecule has 1 unspecified atom stereocenters. The fraction of sp³-hybridized carbons (Fsp3) is 0.625. The maximum atomic E-state index is 6.40. The van der Waals surface area contributed by atoms with Gasteiger partial charge in [-0.3, -0.25) is 0 Å². The van der Waals surface area contributed by atoms with Crippen molar-refractivity contribution >= 4 is 23.2 Å². The lowest BCUT2D eigenvalue weighted by atomic mass is 10.1. The standard InChI is InChI=1S/C16H23Cl2N2O/c17-14-2-1-13(16(18)7-14)10-20(15-4-6-21-11-15)5-3-12(8-19)9-20/h1-2,7,12,15H,3-6,8-11,19H2/q+1/t12-,15-,20?/m1/s1. The van der Waals surface area contributed by atoms with Crippen LogP contribution in [-0.4, -0.2) is 43.4 Å². The molecule has 2 aliphatic rings. The zero-order valence-electron chi connectivity index (χ0n) is 12.2. The fourth-order valence-electron chi connectivity index (χ4n) is 3.88. The number of halogens is 2. The molecule has 5 heteroatoms. The quantitative estimate of drug-likeness (QED) is 0.861. The van der Waals surface area contributed by atoms with Crippen molar-refractivity contribution in [1.82, 2.24) is 0 Å². The Hall–Kier alpha value is -0.320. The Bertz CT molecular complexity index is 505. The second-order valence-corrected chi connectivity index (χ2v) is 7.27. The monoisotopic (exact) mass is 329 g/mol. The Labute approximate surface area is 136 Å². The third-order valence-corrected chi connectivity index (χ3v) is 5.71. The molecular weight excluding hydrogens is 307 g/mol. The van der Waals surface area contributed by atoms with E-state index in [0.29, 0.717) is 17.0 Å². The summed E-state index contributed by atoms with van der Waals surface area (Å²) in [6.45, 7) is 5.80. The number of quaternary nitrogens is 1. The second-order valence-electron chi connectivity index (χ2n) is 6.43. The maximum Gasteiger partial charge on any atom is 0.115 e. The molecule has 0 amide bonds. The van der Waals surface area contributed by atoms with Crippen molar-refractivity contribution in [3.8, 4) is 0 Å². The van der Waals surface area contributed by atoms with Crippen LogP contribution in [0.15, 0.2) is 18.2 Å². The number of hydrogen-bond acceptors (Lipinski definition) is 2. The van der Waals surface area contributed by atoms with Gasteiger partial charge in [0.15, 0.2) is 0 Å². The van der Waals surface area contributed by atoms with Gasteiger partial charge in [0, 0.05) is 35.9 Å². The van der Waals surface area contributed by atoms with Gasteiger partial charge in [-0.25, -0.2) is 0 Å². The zero-order valence-corrected chi connectivity index (χ0v) is 13.7. The Morgan fingerprint density at radius 2 is 2.14 bits per heavy atom. The third-order valence-electron chi connectivity index (χ3n) is 5.12. The number of nitrogens with two attached hydrogens (primary N) is 1. The van der Waals surface area contributed by atoms with Crippen LogP contribution in [0.5, 0.6) is 0 Å². The predicted octanol–water partition coefficient (Wildman–Crippen LogP) is 3.08. The highest BCUT2D eigenvalue weighted by Crippen LogP contribution is 2.35. The molecule has 1 aromatic rings. The van der Waals surface area contributed by atoms with Crippen LogP contribution in [0.2, 0.25) is 10.0 Å². The van der Waals surface area contributed by atoms with Crippen molar-refractivity contribution in [2.75, 3.05) is 32.8 Å². The van der Waals surface area contributed by atoms with E-state index >= 15 is 0 Å². The van der Waals surface area contributed by atoms with Crippen molar-refractivity contribution < 1.29 is 9.22 Å². The molecule has 3 nitrogen and oxygen atoms in total. The van der Waals surface area contributed by atoms with Gasteiger partial charge in [-0.1, -0.05) is 29.3 Å². The molecule has 1 aromatic carbocycles. The predicted molar refractivity (Wildman–Crippen MR) is 86.5 cm³/mol. The van der Waals surface area contributed by atoms with Crippen molar-refractivity contribution in [2.45, 2.75) is 25.4 Å². The smallest absolute Gasteiger partial charge is 0.115 e. The molecule has 3 atom stereocenters. The largest absolute Gasteiger partial charge is 0.375 e. The van der Waals surface area contributed by atoms with E-state index in [4.69, 9.17) is 33.7 Å². The Morgan fingerprint density at radius 3 is 2.76 bits per heavy atom. The third kappa shape index (κ3) is 3.22. The summed E-state index contributed by atoms with van der Waals surface area (Å²) >= 11 is 12.4. The summed E-state index contributed by atoms with van der Waals surface area (Å²) in [5, 5.41) is 1.47. The van der Waals surface area contributed by atoms with Gasteiger partial charge in [0.25, 0.3) is 0 Å². The van der Waals surface area contributed by atoms with E-state index in [2.05, 4.69) is 6.07 Å². The van der Waals surface area contributed by atoms with Crippen LogP contribution in [0.25, 0.3) is 0 Å².